The number of aliphatic carboxylic acids is 1. The first-order valence-electron chi connectivity index (χ1n) is 4.94. The number of hydrogen-bond acceptors (Lipinski definition) is 7. The van der Waals surface area contributed by atoms with Crippen LogP contribution in [0.2, 0.25) is 0 Å². The Morgan fingerprint density at radius 2 is 1.53 bits per heavy atom. The molecule has 0 aromatic rings. The molecule has 8 nitrogen and oxygen atoms in total. The first kappa shape index (κ1) is 15.8. The number of hydrogen-bond donors (Lipinski definition) is 5. The fraction of sp³-hybridized carbons (Fsp3) is 0.778. The molecule has 0 aromatic carbocycles. The van der Waals surface area contributed by atoms with Gasteiger partial charge in [0.2, 0.25) is 0 Å². The lowest BCUT2D eigenvalue weighted by Gasteiger charge is -2.23. The largest absolute Gasteiger partial charge is 0.479 e. The molecule has 0 heterocycles. The molecule has 0 aliphatic rings. The summed E-state index contributed by atoms with van der Waals surface area (Å²) in [6, 6.07) is 0. The first-order valence-corrected chi connectivity index (χ1v) is 4.94. The van der Waals surface area contributed by atoms with Gasteiger partial charge in [0.1, 0.15) is 12.2 Å². The summed E-state index contributed by atoms with van der Waals surface area (Å²) in [6.07, 6.45) is -8.28. The maximum atomic E-state index is 11.1. The van der Waals surface area contributed by atoms with Crippen molar-refractivity contribution in [1.82, 2.24) is 0 Å². The van der Waals surface area contributed by atoms with Gasteiger partial charge in [-0.25, -0.2) is 9.59 Å². The molecule has 4 atom stereocenters. The van der Waals surface area contributed by atoms with Crippen molar-refractivity contribution in [3.8, 4) is 0 Å². The number of rotatable bonds is 7. The molecule has 0 aliphatic carbocycles. The van der Waals surface area contributed by atoms with Crippen LogP contribution in [0.25, 0.3) is 0 Å². The van der Waals surface area contributed by atoms with E-state index in [1.165, 1.54) is 0 Å². The summed E-state index contributed by atoms with van der Waals surface area (Å²) in [5.41, 5.74) is 0. The number of aliphatic hydroxyl groups excluding tert-OH is 4. The van der Waals surface area contributed by atoms with Crippen LogP contribution in [0.1, 0.15) is 13.3 Å². The molecule has 0 radical (unpaired) electrons. The predicted octanol–water partition coefficient (Wildman–Crippen LogP) is -2.53. The van der Waals surface area contributed by atoms with E-state index in [2.05, 4.69) is 4.74 Å². The van der Waals surface area contributed by atoms with Crippen LogP contribution in [-0.2, 0) is 14.3 Å². The molecule has 5 N–H and O–H groups in total. The Labute approximate surface area is 97.1 Å². The van der Waals surface area contributed by atoms with Crippen molar-refractivity contribution in [2.24, 2.45) is 0 Å². The minimum Gasteiger partial charge on any atom is -0.479 e. The average molecular weight is 252 g/mol. The van der Waals surface area contributed by atoms with Crippen molar-refractivity contribution >= 4 is 11.9 Å². The van der Waals surface area contributed by atoms with Crippen LogP contribution in [-0.4, -0.2) is 68.5 Å². The minimum absolute atomic E-state index is 0.0141. The highest BCUT2D eigenvalue weighted by atomic mass is 16.5. The highest BCUT2D eigenvalue weighted by Crippen LogP contribution is 2.07. The second-order valence-corrected chi connectivity index (χ2v) is 3.38. The zero-order chi connectivity index (χ0) is 13.6. The Bertz CT molecular complexity index is 266. The number of carboxylic acids is 1. The van der Waals surface area contributed by atoms with Crippen LogP contribution >= 0.6 is 0 Å². The maximum absolute atomic E-state index is 11.1. The third kappa shape index (κ3) is 4.65. The van der Waals surface area contributed by atoms with E-state index in [0.29, 0.717) is 6.42 Å². The van der Waals surface area contributed by atoms with Gasteiger partial charge in [0.05, 0.1) is 6.61 Å². The van der Waals surface area contributed by atoms with Crippen LogP contribution in [0, 0.1) is 0 Å². The molecule has 0 bridgehead atoms. The van der Waals surface area contributed by atoms with E-state index in [4.69, 9.17) is 15.3 Å². The SMILES string of the molecule is CCCOC(=O)C(O)C(O)C(O)C(O)C(=O)O. The number of carbonyl (C=O) groups excluding carboxylic acids is 1. The zero-order valence-electron chi connectivity index (χ0n) is 9.18. The standard InChI is InChI=1S/C9H16O8/c1-2-3-17-9(16)7(13)5(11)4(10)6(12)8(14)15/h4-7,10-13H,2-3H2,1H3,(H,14,15). The average Bonchev–Trinajstić information content (AvgIpc) is 2.31. The van der Waals surface area contributed by atoms with Gasteiger partial charge in [-0.05, 0) is 6.42 Å². The van der Waals surface area contributed by atoms with Crippen molar-refractivity contribution in [2.75, 3.05) is 6.61 Å². The Morgan fingerprint density at radius 3 is 1.94 bits per heavy atom. The topological polar surface area (TPSA) is 145 Å². The summed E-state index contributed by atoms with van der Waals surface area (Å²) in [5, 5.41) is 44.9. The van der Waals surface area contributed by atoms with E-state index < -0.39 is 36.4 Å². The van der Waals surface area contributed by atoms with Crippen molar-refractivity contribution in [3.05, 3.63) is 0 Å². The molecule has 0 spiro atoms. The monoisotopic (exact) mass is 252 g/mol. The molecule has 0 amide bonds. The van der Waals surface area contributed by atoms with E-state index in [-0.39, 0.29) is 6.61 Å². The van der Waals surface area contributed by atoms with Crippen LogP contribution in [0.5, 0.6) is 0 Å². The summed E-state index contributed by atoms with van der Waals surface area (Å²) in [4.78, 5) is 21.4. The molecule has 4 unspecified atom stereocenters. The summed E-state index contributed by atoms with van der Waals surface area (Å²) in [7, 11) is 0. The number of carbonyl (C=O) groups is 2. The van der Waals surface area contributed by atoms with Crippen LogP contribution in [0.15, 0.2) is 0 Å². The lowest BCUT2D eigenvalue weighted by atomic mass is 10.0. The smallest absolute Gasteiger partial charge is 0.337 e. The number of ether oxygens (including phenoxy) is 1. The van der Waals surface area contributed by atoms with Gasteiger partial charge in [-0.2, -0.15) is 0 Å². The van der Waals surface area contributed by atoms with Crippen molar-refractivity contribution in [1.29, 1.82) is 0 Å². The zero-order valence-corrected chi connectivity index (χ0v) is 9.18. The Balaban J connectivity index is 4.42. The Hall–Kier alpha value is -1.22. The normalized spacial score (nSPS) is 17.9. The van der Waals surface area contributed by atoms with Crippen LogP contribution in [0.3, 0.4) is 0 Å². The summed E-state index contributed by atoms with van der Waals surface area (Å²) in [5.74, 6) is -2.98. The quantitative estimate of drug-likeness (QED) is 0.312. The summed E-state index contributed by atoms with van der Waals surface area (Å²) >= 11 is 0. The van der Waals surface area contributed by atoms with Crippen molar-refractivity contribution in [3.63, 3.8) is 0 Å². The van der Waals surface area contributed by atoms with E-state index in [9.17, 15) is 19.8 Å². The molecule has 0 aliphatic heterocycles. The molecule has 17 heavy (non-hydrogen) atoms. The van der Waals surface area contributed by atoms with Crippen LogP contribution in [0.4, 0.5) is 0 Å². The van der Waals surface area contributed by atoms with Crippen molar-refractivity contribution < 1.29 is 39.9 Å². The van der Waals surface area contributed by atoms with Gasteiger partial charge in [0.25, 0.3) is 0 Å². The number of esters is 1. The van der Waals surface area contributed by atoms with Gasteiger partial charge in [-0.1, -0.05) is 6.92 Å². The van der Waals surface area contributed by atoms with E-state index in [1.54, 1.807) is 6.92 Å². The fourth-order valence-corrected chi connectivity index (χ4v) is 0.947. The lowest BCUT2D eigenvalue weighted by Crippen LogP contribution is -2.50. The minimum atomic E-state index is -2.31. The third-order valence-electron chi connectivity index (χ3n) is 1.94. The van der Waals surface area contributed by atoms with Crippen molar-refractivity contribution in [2.45, 2.75) is 37.8 Å². The molecule has 0 saturated carbocycles. The molecule has 0 fully saturated rings. The van der Waals surface area contributed by atoms with E-state index in [1.807, 2.05) is 0 Å². The third-order valence-corrected chi connectivity index (χ3v) is 1.94. The van der Waals surface area contributed by atoms with Gasteiger partial charge < -0.3 is 30.3 Å². The van der Waals surface area contributed by atoms with E-state index >= 15 is 0 Å². The second kappa shape index (κ2) is 7.17. The molecule has 8 heteroatoms. The second-order valence-electron chi connectivity index (χ2n) is 3.38. The molecule has 0 aromatic heterocycles. The maximum Gasteiger partial charge on any atom is 0.337 e. The molecular weight excluding hydrogens is 236 g/mol. The fourth-order valence-electron chi connectivity index (χ4n) is 0.947. The van der Waals surface area contributed by atoms with Gasteiger partial charge >= 0.3 is 11.9 Å². The molecule has 100 valence electrons. The summed E-state index contributed by atoms with van der Waals surface area (Å²) in [6.45, 7) is 1.72. The Morgan fingerprint density at radius 1 is 1.06 bits per heavy atom. The molecule has 0 saturated heterocycles. The lowest BCUT2D eigenvalue weighted by molar-refractivity contribution is -0.176. The van der Waals surface area contributed by atoms with Crippen LogP contribution < -0.4 is 0 Å². The van der Waals surface area contributed by atoms with Gasteiger partial charge in [0, 0.05) is 0 Å². The first-order chi connectivity index (χ1) is 7.82. The molecule has 0 rings (SSSR count). The van der Waals surface area contributed by atoms with Gasteiger partial charge in [-0.3, -0.25) is 0 Å². The molecular formula is C9H16O8. The van der Waals surface area contributed by atoms with Gasteiger partial charge in [0.15, 0.2) is 12.2 Å². The van der Waals surface area contributed by atoms with E-state index in [0.717, 1.165) is 0 Å². The summed E-state index contributed by atoms with van der Waals surface area (Å²) < 4.78 is 4.48. The highest BCUT2D eigenvalue weighted by molar-refractivity contribution is 5.76. The Kier molecular flexibility index (Phi) is 6.66. The van der Waals surface area contributed by atoms with Gasteiger partial charge in [-0.15, -0.1) is 0 Å². The predicted molar refractivity (Wildman–Crippen MR) is 52.9 cm³/mol. The number of aliphatic hydroxyl groups is 4. The highest BCUT2D eigenvalue weighted by Gasteiger charge is 2.38. The number of carboxylic acid groups (broad SMARTS) is 1.